The van der Waals surface area contributed by atoms with Gasteiger partial charge in [-0.2, -0.15) is 0 Å². The minimum atomic E-state index is 0.0785. The molecule has 1 heteroatoms. The van der Waals surface area contributed by atoms with Crippen molar-refractivity contribution in [3.63, 3.8) is 0 Å². The van der Waals surface area contributed by atoms with Crippen molar-refractivity contribution in [3.05, 3.63) is 0 Å². The fourth-order valence-electron chi connectivity index (χ4n) is 1.01. The fourth-order valence-corrected chi connectivity index (χ4v) is 1.01. The van der Waals surface area contributed by atoms with Crippen molar-refractivity contribution < 1.29 is 0 Å². The van der Waals surface area contributed by atoms with Crippen LogP contribution >= 0.6 is 0 Å². The zero-order valence-corrected chi connectivity index (χ0v) is 8.28. The van der Waals surface area contributed by atoms with Gasteiger partial charge in [0.15, 0.2) is 0 Å². The van der Waals surface area contributed by atoms with Gasteiger partial charge in [-0.15, -0.1) is 12.3 Å². The van der Waals surface area contributed by atoms with E-state index < -0.39 is 0 Å². The molecule has 0 aliphatic carbocycles. The van der Waals surface area contributed by atoms with Gasteiger partial charge in [0, 0.05) is 5.41 Å². The molecule has 0 spiro atoms. The van der Waals surface area contributed by atoms with E-state index in [0.717, 1.165) is 0 Å². The van der Waals surface area contributed by atoms with Crippen molar-refractivity contribution in [3.8, 4) is 12.3 Å². The van der Waals surface area contributed by atoms with Crippen LogP contribution in [0.4, 0.5) is 0 Å². The van der Waals surface area contributed by atoms with Crippen LogP contribution in [0.25, 0.3) is 0 Å². The lowest BCUT2D eigenvalue weighted by molar-refractivity contribution is 0.480. The van der Waals surface area contributed by atoms with E-state index in [1.807, 2.05) is 0 Å². The van der Waals surface area contributed by atoms with E-state index in [0.29, 0.717) is 5.82 Å². The third kappa shape index (κ3) is 3.51. The van der Waals surface area contributed by atoms with Crippen LogP contribution in [0.3, 0.4) is 0 Å². The van der Waals surface area contributed by atoms with E-state index in [9.17, 15) is 0 Å². The molecule has 0 fully saturated rings. The van der Waals surface area contributed by atoms with Gasteiger partial charge in [-0.05, 0) is 13.8 Å². The van der Waals surface area contributed by atoms with E-state index in [1.54, 1.807) is 0 Å². The first-order valence-electron chi connectivity index (χ1n) is 4.52. The number of hydrogen-bond acceptors (Lipinski definition) is 0. The van der Waals surface area contributed by atoms with Crippen molar-refractivity contribution >= 4 is 7.28 Å². The molecule has 0 heterocycles. The minimum absolute atomic E-state index is 0.0785. The molecule has 0 rings (SSSR count). The second-order valence-corrected chi connectivity index (χ2v) is 3.91. The van der Waals surface area contributed by atoms with Crippen molar-refractivity contribution in [1.29, 1.82) is 0 Å². The standard InChI is InChI=1S/C10H19B/c1-6-8-11-9(3)10(4,5)7-2/h2,9,11H,6,8H2,1,3-5H3/t9-/m0/s1. The molecule has 0 radical (unpaired) electrons. The van der Waals surface area contributed by atoms with Crippen LogP contribution < -0.4 is 0 Å². The van der Waals surface area contributed by atoms with E-state index in [2.05, 4.69) is 33.6 Å². The van der Waals surface area contributed by atoms with Gasteiger partial charge >= 0.3 is 0 Å². The summed E-state index contributed by atoms with van der Waals surface area (Å²) >= 11 is 0. The Morgan fingerprint density at radius 3 is 2.45 bits per heavy atom. The van der Waals surface area contributed by atoms with Gasteiger partial charge in [-0.3, -0.25) is 0 Å². The van der Waals surface area contributed by atoms with Crippen molar-refractivity contribution in [1.82, 2.24) is 0 Å². The third-order valence-corrected chi connectivity index (χ3v) is 2.59. The number of terminal acetylenes is 1. The molecule has 0 saturated heterocycles. The Morgan fingerprint density at radius 1 is 1.55 bits per heavy atom. The maximum absolute atomic E-state index is 5.43. The van der Waals surface area contributed by atoms with Crippen LogP contribution in [0.5, 0.6) is 0 Å². The zero-order valence-electron chi connectivity index (χ0n) is 8.28. The summed E-state index contributed by atoms with van der Waals surface area (Å²) in [6.07, 6.45) is 8.00. The van der Waals surface area contributed by atoms with Crippen LogP contribution in [-0.4, -0.2) is 7.28 Å². The SMILES string of the molecule is C#CC(C)(C)[C@H](C)BCCC. The molecule has 0 saturated carbocycles. The third-order valence-electron chi connectivity index (χ3n) is 2.59. The number of hydrogen-bond donors (Lipinski definition) is 0. The van der Waals surface area contributed by atoms with Gasteiger partial charge in [-0.1, -0.05) is 32.4 Å². The van der Waals surface area contributed by atoms with Crippen LogP contribution in [0.2, 0.25) is 12.1 Å². The predicted molar refractivity (Wildman–Crippen MR) is 54.3 cm³/mol. The molecule has 0 aliphatic rings. The van der Waals surface area contributed by atoms with Gasteiger partial charge in [-0.25, -0.2) is 0 Å². The van der Waals surface area contributed by atoms with Gasteiger partial charge in [0.25, 0.3) is 0 Å². The molecule has 0 unspecified atom stereocenters. The van der Waals surface area contributed by atoms with E-state index >= 15 is 0 Å². The Hall–Kier alpha value is -0.375. The summed E-state index contributed by atoms with van der Waals surface area (Å²) in [7, 11) is 1.26. The van der Waals surface area contributed by atoms with E-state index in [4.69, 9.17) is 6.42 Å². The summed E-state index contributed by atoms with van der Waals surface area (Å²) in [6, 6.07) is 0. The molecule has 62 valence electrons. The topological polar surface area (TPSA) is 0 Å². The largest absolute Gasteiger partial charge is 0.125 e. The highest BCUT2D eigenvalue weighted by Crippen LogP contribution is 2.30. The summed E-state index contributed by atoms with van der Waals surface area (Å²) in [6.45, 7) is 8.76. The summed E-state index contributed by atoms with van der Waals surface area (Å²) in [5.41, 5.74) is 0.0785. The zero-order chi connectivity index (χ0) is 8.91. The Morgan fingerprint density at radius 2 is 2.09 bits per heavy atom. The smallest absolute Gasteiger partial charge is 0.120 e. The van der Waals surface area contributed by atoms with Crippen LogP contribution in [0.1, 0.15) is 34.1 Å². The molecule has 0 aliphatic heterocycles. The van der Waals surface area contributed by atoms with Gasteiger partial charge in [0.05, 0.1) is 0 Å². The first kappa shape index (κ1) is 10.6. The second kappa shape index (κ2) is 4.49. The van der Waals surface area contributed by atoms with Crippen LogP contribution in [-0.2, 0) is 0 Å². The fraction of sp³-hybridized carbons (Fsp3) is 0.800. The second-order valence-electron chi connectivity index (χ2n) is 3.91. The summed E-state index contributed by atoms with van der Waals surface area (Å²) < 4.78 is 0. The molecule has 0 N–H and O–H groups in total. The predicted octanol–water partition coefficient (Wildman–Crippen LogP) is 2.72. The van der Waals surface area contributed by atoms with Crippen molar-refractivity contribution in [2.75, 3.05) is 0 Å². The summed E-state index contributed by atoms with van der Waals surface area (Å²) in [4.78, 5) is 0. The van der Waals surface area contributed by atoms with Gasteiger partial charge in [0.1, 0.15) is 7.28 Å². The molecule has 0 bridgehead atoms. The van der Waals surface area contributed by atoms with Gasteiger partial charge < -0.3 is 0 Å². The first-order valence-corrected chi connectivity index (χ1v) is 4.52. The van der Waals surface area contributed by atoms with E-state index in [1.165, 1.54) is 20.0 Å². The number of rotatable bonds is 4. The van der Waals surface area contributed by atoms with Crippen LogP contribution in [0.15, 0.2) is 0 Å². The Bertz CT molecular complexity index is 141. The normalized spacial score (nSPS) is 13.7. The van der Waals surface area contributed by atoms with Crippen molar-refractivity contribution in [2.45, 2.75) is 46.3 Å². The highest BCUT2D eigenvalue weighted by molar-refractivity contribution is 6.37. The summed E-state index contributed by atoms with van der Waals surface area (Å²) in [5.74, 6) is 3.50. The molecule has 1 atom stereocenters. The highest BCUT2D eigenvalue weighted by atomic mass is 14.2. The first-order chi connectivity index (χ1) is 5.04. The molecule has 0 aromatic heterocycles. The monoisotopic (exact) mass is 150 g/mol. The van der Waals surface area contributed by atoms with Crippen molar-refractivity contribution in [2.24, 2.45) is 5.41 Å². The minimum Gasteiger partial charge on any atom is -0.120 e. The molecular formula is C10H19B. The lowest BCUT2D eigenvalue weighted by atomic mass is 9.53. The molecular weight excluding hydrogens is 131 g/mol. The highest BCUT2D eigenvalue weighted by Gasteiger charge is 2.22. The lowest BCUT2D eigenvalue weighted by Gasteiger charge is -2.25. The average Bonchev–Trinajstić information content (AvgIpc) is 2.00. The molecule has 0 aromatic rings. The van der Waals surface area contributed by atoms with E-state index in [-0.39, 0.29) is 5.41 Å². The Labute approximate surface area is 72.0 Å². The molecule has 0 aromatic carbocycles. The maximum Gasteiger partial charge on any atom is 0.125 e. The van der Waals surface area contributed by atoms with Gasteiger partial charge in [0.2, 0.25) is 0 Å². The Balaban J connectivity index is 3.83. The lowest BCUT2D eigenvalue weighted by Crippen LogP contribution is -2.19. The quantitative estimate of drug-likeness (QED) is 0.427. The Kier molecular flexibility index (Phi) is 4.34. The molecule has 0 amide bonds. The average molecular weight is 150 g/mol. The van der Waals surface area contributed by atoms with Crippen LogP contribution in [0, 0.1) is 17.8 Å². The molecule has 0 nitrogen and oxygen atoms in total. The molecule has 11 heavy (non-hydrogen) atoms. The summed E-state index contributed by atoms with van der Waals surface area (Å²) in [5, 5.41) is 0. The maximum atomic E-state index is 5.43.